The van der Waals surface area contributed by atoms with Crippen molar-refractivity contribution in [2.24, 2.45) is 0 Å². The van der Waals surface area contributed by atoms with Crippen LogP contribution in [0.25, 0.3) is 10.6 Å². The third-order valence-electron chi connectivity index (χ3n) is 3.66. The van der Waals surface area contributed by atoms with E-state index in [1.807, 2.05) is 16.8 Å². The van der Waals surface area contributed by atoms with Gasteiger partial charge in [0.15, 0.2) is 0 Å². The zero-order valence-electron chi connectivity index (χ0n) is 14.7. The lowest BCUT2D eigenvalue weighted by Gasteiger charge is -2.15. The van der Waals surface area contributed by atoms with Crippen LogP contribution >= 0.6 is 22.7 Å². The van der Waals surface area contributed by atoms with Crippen LogP contribution in [0.5, 0.6) is 0 Å². The van der Waals surface area contributed by atoms with Crippen molar-refractivity contribution in [3.05, 3.63) is 51.2 Å². The number of benzene rings is 1. The molecule has 28 heavy (non-hydrogen) atoms. The molecule has 2 N–H and O–H groups in total. The maximum Gasteiger partial charge on any atom is 0.418 e. The first-order chi connectivity index (χ1) is 13.1. The summed E-state index contributed by atoms with van der Waals surface area (Å²) >= 11 is 2.60. The number of thiazole rings is 1. The van der Waals surface area contributed by atoms with Crippen molar-refractivity contribution in [2.45, 2.75) is 20.0 Å². The molecule has 0 aliphatic rings. The van der Waals surface area contributed by atoms with Gasteiger partial charge in [-0.05, 0) is 36.6 Å². The molecular weight excluding hydrogens is 411 g/mol. The van der Waals surface area contributed by atoms with Gasteiger partial charge in [-0.2, -0.15) is 24.5 Å². The van der Waals surface area contributed by atoms with Gasteiger partial charge in [-0.3, -0.25) is 9.59 Å². The highest BCUT2D eigenvalue weighted by Crippen LogP contribution is 2.37. The predicted octanol–water partition coefficient (Wildman–Crippen LogP) is 5.41. The number of nitrogens with zero attached hydrogens (tertiary/aromatic N) is 1. The molecule has 3 aromatic rings. The Balaban J connectivity index is 1.91. The number of alkyl halides is 3. The quantitative estimate of drug-likeness (QED) is 0.587. The Kier molecular flexibility index (Phi) is 5.52. The number of aryl methyl sites for hydroxylation is 1. The van der Waals surface area contributed by atoms with Gasteiger partial charge < -0.3 is 10.6 Å². The van der Waals surface area contributed by atoms with E-state index < -0.39 is 29.2 Å². The molecule has 0 bridgehead atoms. The number of thiophene rings is 1. The van der Waals surface area contributed by atoms with Gasteiger partial charge in [-0.25, -0.2) is 4.98 Å². The van der Waals surface area contributed by atoms with Crippen LogP contribution < -0.4 is 10.6 Å². The average Bonchev–Trinajstić information content (AvgIpc) is 3.24. The molecule has 0 radical (unpaired) electrons. The van der Waals surface area contributed by atoms with Gasteiger partial charge in [-0.15, -0.1) is 11.3 Å². The Bertz CT molecular complexity index is 1030. The molecule has 146 valence electrons. The summed E-state index contributed by atoms with van der Waals surface area (Å²) < 4.78 is 40.2. The fourth-order valence-corrected chi connectivity index (χ4v) is 4.14. The van der Waals surface area contributed by atoms with Crippen LogP contribution in [-0.2, 0) is 11.0 Å². The molecule has 2 aromatic heterocycles. The van der Waals surface area contributed by atoms with Crippen LogP contribution in [0.15, 0.2) is 35.0 Å². The summed E-state index contributed by atoms with van der Waals surface area (Å²) in [6, 6.07) is 5.05. The van der Waals surface area contributed by atoms with Gasteiger partial charge in [0, 0.05) is 23.6 Å². The molecule has 0 aliphatic carbocycles. The summed E-state index contributed by atoms with van der Waals surface area (Å²) in [4.78, 5) is 28.2. The van der Waals surface area contributed by atoms with Gasteiger partial charge >= 0.3 is 6.18 Å². The Morgan fingerprint density at radius 1 is 1.14 bits per heavy atom. The molecule has 0 saturated carbocycles. The molecule has 2 heterocycles. The number of halogens is 3. The highest BCUT2D eigenvalue weighted by molar-refractivity contribution is 7.17. The second kappa shape index (κ2) is 7.72. The Morgan fingerprint density at radius 2 is 1.89 bits per heavy atom. The van der Waals surface area contributed by atoms with Crippen molar-refractivity contribution in [3.63, 3.8) is 0 Å². The molecule has 1 aromatic carbocycles. The Hall–Kier alpha value is -2.72. The van der Waals surface area contributed by atoms with Crippen LogP contribution in [0, 0.1) is 6.92 Å². The molecule has 0 spiro atoms. The van der Waals surface area contributed by atoms with Crippen LogP contribution in [0.1, 0.15) is 27.9 Å². The maximum atomic E-state index is 13.4. The van der Waals surface area contributed by atoms with E-state index in [0.717, 1.165) is 29.0 Å². The third-order valence-corrected chi connectivity index (χ3v) is 5.55. The van der Waals surface area contributed by atoms with Crippen molar-refractivity contribution < 1.29 is 22.8 Å². The number of rotatable bonds is 4. The van der Waals surface area contributed by atoms with Crippen molar-refractivity contribution in [2.75, 3.05) is 10.6 Å². The Labute approximate surface area is 166 Å². The van der Waals surface area contributed by atoms with E-state index in [2.05, 4.69) is 15.6 Å². The molecule has 0 atom stereocenters. The average molecular weight is 425 g/mol. The second-order valence-electron chi connectivity index (χ2n) is 5.84. The summed E-state index contributed by atoms with van der Waals surface area (Å²) in [7, 11) is 0. The lowest BCUT2D eigenvalue weighted by Crippen LogP contribution is -2.17. The smallest absolute Gasteiger partial charge is 0.326 e. The van der Waals surface area contributed by atoms with E-state index in [9.17, 15) is 22.8 Å². The lowest BCUT2D eigenvalue weighted by molar-refractivity contribution is -0.137. The molecule has 2 amide bonds. The fraction of sp³-hybridized carbons (Fsp3) is 0.167. The summed E-state index contributed by atoms with van der Waals surface area (Å²) in [5, 5.41) is 8.99. The maximum absolute atomic E-state index is 13.4. The standard InChI is InChI=1S/C18H14F3N3O2S2/c1-9-15(28-17(22-9)11-5-6-27-8-11)16(26)24-14-4-3-12(23-10(2)25)7-13(14)18(19,20)21/h3-8H,1-2H3,(H,23,25)(H,24,26). The van der Waals surface area contributed by atoms with E-state index in [-0.39, 0.29) is 10.6 Å². The molecule has 0 unspecified atom stereocenters. The summed E-state index contributed by atoms with van der Waals surface area (Å²) in [5.41, 5.74) is -0.157. The van der Waals surface area contributed by atoms with Crippen molar-refractivity contribution in [1.29, 1.82) is 0 Å². The zero-order valence-corrected chi connectivity index (χ0v) is 16.3. The van der Waals surface area contributed by atoms with Gasteiger partial charge in [0.05, 0.1) is 16.9 Å². The van der Waals surface area contributed by atoms with E-state index in [0.29, 0.717) is 10.7 Å². The molecule has 0 aliphatic heterocycles. The number of amides is 2. The van der Waals surface area contributed by atoms with Crippen LogP contribution in [-0.4, -0.2) is 16.8 Å². The van der Waals surface area contributed by atoms with Crippen molar-refractivity contribution >= 4 is 45.9 Å². The van der Waals surface area contributed by atoms with Gasteiger partial charge in [0.2, 0.25) is 5.91 Å². The molecular formula is C18H14F3N3O2S2. The van der Waals surface area contributed by atoms with E-state index in [4.69, 9.17) is 0 Å². The van der Waals surface area contributed by atoms with Crippen molar-refractivity contribution in [3.8, 4) is 10.6 Å². The molecule has 0 saturated heterocycles. The van der Waals surface area contributed by atoms with Crippen molar-refractivity contribution in [1.82, 2.24) is 4.98 Å². The number of carbonyl (C=O) groups is 2. The predicted molar refractivity (Wildman–Crippen MR) is 104 cm³/mol. The second-order valence-corrected chi connectivity index (χ2v) is 7.62. The highest BCUT2D eigenvalue weighted by Gasteiger charge is 2.34. The van der Waals surface area contributed by atoms with E-state index >= 15 is 0 Å². The van der Waals surface area contributed by atoms with E-state index in [1.165, 1.54) is 24.3 Å². The SMILES string of the molecule is CC(=O)Nc1ccc(NC(=O)c2sc(-c3ccsc3)nc2C)c(C(F)(F)F)c1. The Morgan fingerprint density at radius 3 is 2.50 bits per heavy atom. The monoisotopic (exact) mass is 425 g/mol. The first-order valence-corrected chi connectivity index (χ1v) is 9.71. The van der Waals surface area contributed by atoms with Crippen LogP contribution in [0.2, 0.25) is 0 Å². The zero-order chi connectivity index (χ0) is 20.5. The molecule has 0 fully saturated rings. The topological polar surface area (TPSA) is 71.1 Å². The third kappa shape index (κ3) is 4.39. The largest absolute Gasteiger partial charge is 0.418 e. The normalized spacial score (nSPS) is 11.3. The minimum Gasteiger partial charge on any atom is -0.326 e. The summed E-state index contributed by atoms with van der Waals surface area (Å²) in [6.45, 7) is 2.83. The molecule has 10 heteroatoms. The number of hydrogen-bond donors (Lipinski definition) is 2. The molecule has 5 nitrogen and oxygen atoms in total. The summed E-state index contributed by atoms with van der Waals surface area (Å²) in [5.74, 6) is -1.17. The number of anilines is 2. The minimum atomic E-state index is -4.71. The number of carbonyl (C=O) groups excluding carboxylic acids is 2. The number of nitrogens with one attached hydrogen (secondary N) is 2. The van der Waals surface area contributed by atoms with Crippen LogP contribution in [0.3, 0.4) is 0 Å². The van der Waals surface area contributed by atoms with Crippen LogP contribution in [0.4, 0.5) is 24.5 Å². The van der Waals surface area contributed by atoms with Gasteiger partial charge in [0.25, 0.3) is 5.91 Å². The fourth-order valence-electron chi connectivity index (χ4n) is 2.46. The number of hydrogen-bond acceptors (Lipinski definition) is 5. The molecule has 3 rings (SSSR count). The minimum absolute atomic E-state index is 0.00783. The van der Waals surface area contributed by atoms with Gasteiger partial charge in [-0.1, -0.05) is 0 Å². The highest BCUT2D eigenvalue weighted by atomic mass is 32.1. The van der Waals surface area contributed by atoms with Gasteiger partial charge in [0.1, 0.15) is 9.88 Å². The summed E-state index contributed by atoms with van der Waals surface area (Å²) in [6.07, 6.45) is -4.71. The first-order valence-electron chi connectivity index (χ1n) is 7.95. The van der Waals surface area contributed by atoms with E-state index in [1.54, 1.807) is 6.92 Å². The first kappa shape index (κ1) is 20.0. The lowest BCUT2D eigenvalue weighted by atomic mass is 10.1. The number of aromatic nitrogens is 1.